The number of benzene rings is 1. The first-order valence-electron chi connectivity index (χ1n) is 7.76. The summed E-state index contributed by atoms with van der Waals surface area (Å²) in [4.78, 5) is 5.66. The number of nitrogens with zero attached hydrogens (tertiary/aromatic N) is 1. The van der Waals surface area contributed by atoms with Crippen LogP contribution in [0.5, 0.6) is 0 Å². The molecule has 1 aromatic carbocycles. The molecule has 2 aromatic rings. The van der Waals surface area contributed by atoms with Gasteiger partial charge in [-0.3, -0.25) is 4.99 Å². The van der Waals surface area contributed by atoms with Crippen molar-refractivity contribution in [2.24, 2.45) is 4.99 Å². The average molecular weight is 313 g/mol. The molecular formula is C18H23N3S. The molecule has 1 aliphatic carbocycles. The molecule has 0 spiro atoms. The Kier molecular flexibility index (Phi) is 4.48. The van der Waals surface area contributed by atoms with E-state index in [1.165, 1.54) is 28.8 Å². The third-order valence-corrected chi connectivity index (χ3v) is 5.27. The molecule has 3 nitrogen and oxygen atoms in total. The van der Waals surface area contributed by atoms with Gasteiger partial charge in [0.05, 0.1) is 6.54 Å². The number of rotatable bonds is 5. The van der Waals surface area contributed by atoms with E-state index in [9.17, 15) is 0 Å². The highest BCUT2D eigenvalue weighted by molar-refractivity contribution is 7.09. The molecule has 1 aliphatic rings. The Labute approximate surface area is 136 Å². The Morgan fingerprint density at radius 3 is 2.64 bits per heavy atom. The Morgan fingerprint density at radius 1 is 1.18 bits per heavy atom. The van der Waals surface area contributed by atoms with Gasteiger partial charge in [-0.1, -0.05) is 30.3 Å². The first-order chi connectivity index (χ1) is 10.7. The summed E-state index contributed by atoms with van der Waals surface area (Å²) in [6.45, 7) is 3.98. The van der Waals surface area contributed by atoms with Gasteiger partial charge in [-0.2, -0.15) is 0 Å². The van der Waals surface area contributed by atoms with Gasteiger partial charge in [0.2, 0.25) is 0 Å². The number of guanidine groups is 1. The van der Waals surface area contributed by atoms with Gasteiger partial charge in [-0.05, 0) is 42.3 Å². The van der Waals surface area contributed by atoms with Crippen molar-refractivity contribution in [2.45, 2.75) is 31.7 Å². The first-order valence-corrected chi connectivity index (χ1v) is 8.64. The molecule has 1 aromatic heterocycles. The van der Waals surface area contributed by atoms with Crippen LogP contribution < -0.4 is 10.6 Å². The number of hydrogen-bond acceptors (Lipinski definition) is 2. The van der Waals surface area contributed by atoms with Crippen molar-refractivity contribution < 1.29 is 0 Å². The van der Waals surface area contributed by atoms with Crippen LogP contribution >= 0.6 is 11.3 Å². The van der Waals surface area contributed by atoms with E-state index in [-0.39, 0.29) is 0 Å². The lowest BCUT2D eigenvalue weighted by molar-refractivity contribution is 0.642. The summed E-state index contributed by atoms with van der Waals surface area (Å²) < 4.78 is 0. The monoisotopic (exact) mass is 313 g/mol. The molecule has 4 heteroatoms. The van der Waals surface area contributed by atoms with Gasteiger partial charge >= 0.3 is 0 Å². The molecule has 1 fully saturated rings. The third kappa shape index (κ3) is 3.33. The molecular weight excluding hydrogens is 290 g/mol. The quantitative estimate of drug-likeness (QED) is 0.655. The lowest BCUT2D eigenvalue weighted by Gasteiger charge is -2.20. The molecule has 0 aliphatic heterocycles. The van der Waals surface area contributed by atoms with E-state index in [0.717, 1.165) is 19.0 Å². The van der Waals surface area contributed by atoms with Crippen LogP contribution in [0.4, 0.5) is 0 Å². The fourth-order valence-electron chi connectivity index (χ4n) is 2.92. The van der Waals surface area contributed by atoms with E-state index in [1.54, 1.807) is 11.3 Å². The molecule has 0 bridgehead atoms. The van der Waals surface area contributed by atoms with Crippen LogP contribution in [0, 0.1) is 6.92 Å². The highest BCUT2D eigenvalue weighted by Gasteiger charge is 2.44. The van der Waals surface area contributed by atoms with Crippen LogP contribution in [0.3, 0.4) is 0 Å². The average Bonchev–Trinajstić information content (AvgIpc) is 3.13. The number of thiophene rings is 1. The molecule has 22 heavy (non-hydrogen) atoms. The minimum atomic E-state index is 0.298. The summed E-state index contributed by atoms with van der Waals surface area (Å²) in [5, 5.41) is 8.99. The van der Waals surface area contributed by atoms with Crippen LogP contribution in [0.1, 0.15) is 28.8 Å². The van der Waals surface area contributed by atoms with E-state index in [0.29, 0.717) is 5.41 Å². The van der Waals surface area contributed by atoms with E-state index in [1.807, 2.05) is 7.05 Å². The van der Waals surface area contributed by atoms with E-state index >= 15 is 0 Å². The molecule has 0 saturated heterocycles. The van der Waals surface area contributed by atoms with Crippen molar-refractivity contribution in [3.05, 3.63) is 57.8 Å². The van der Waals surface area contributed by atoms with Crippen molar-refractivity contribution in [1.29, 1.82) is 0 Å². The van der Waals surface area contributed by atoms with Gasteiger partial charge in [-0.15, -0.1) is 11.3 Å². The fourth-order valence-corrected chi connectivity index (χ4v) is 3.56. The highest BCUT2D eigenvalue weighted by atomic mass is 32.1. The van der Waals surface area contributed by atoms with E-state index in [4.69, 9.17) is 0 Å². The molecule has 1 heterocycles. The molecule has 0 atom stereocenters. The normalized spacial score (nSPS) is 16.4. The highest BCUT2D eigenvalue weighted by Crippen LogP contribution is 2.48. The number of hydrogen-bond donors (Lipinski definition) is 2. The second-order valence-electron chi connectivity index (χ2n) is 5.95. The Hall–Kier alpha value is -1.81. The predicted octanol–water partition coefficient (Wildman–Crippen LogP) is 3.45. The van der Waals surface area contributed by atoms with Gasteiger partial charge < -0.3 is 10.6 Å². The Morgan fingerprint density at radius 2 is 2.00 bits per heavy atom. The summed E-state index contributed by atoms with van der Waals surface area (Å²) in [5.74, 6) is 0.883. The van der Waals surface area contributed by atoms with Gasteiger partial charge in [0.1, 0.15) is 0 Å². The van der Waals surface area contributed by atoms with Crippen molar-refractivity contribution in [2.75, 3.05) is 13.6 Å². The molecule has 0 amide bonds. The summed E-state index contributed by atoms with van der Waals surface area (Å²) in [6, 6.07) is 13.0. The predicted molar refractivity (Wildman–Crippen MR) is 94.6 cm³/mol. The SMILES string of the molecule is CN=C(NCc1cccs1)NCC1(c2ccccc2C)CC1. The summed E-state index contributed by atoms with van der Waals surface area (Å²) in [7, 11) is 1.83. The second-order valence-corrected chi connectivity index (χ2v) is 6.99. The van der Waals surface area contributed by atoms with Crippen LogP contribution in [0.15, 0.2) is 46.8 Å². The largest absolute Gasteiger partial charge is 0.356 e. The lowest BCUT2D eigenvalue weighted by Crippen LogP contribution is -2.40. The molecule has 3 rings (SSSR count). The zero-order chi connectivity index (χ0) is 15.4. The lowest BCUT2D eigenvalue weighted by atomic mass is 9.92. The summed E-state index contributed by atoms with van der Waals surface area (Å²) in [5.41, 5.74) is 3.17. The maximum Gasteiger partial charge on any atom is 0.191 e. The van der Waals surface area contributed by atoms with Crippen molar-refractivity contribution in [1.82, 2.24) is 10.6 Å². The van der Waals surface area contributed by atoms with E-state index in [2.05, 4.69) is 64.3 Å². The number of aryl methyl sites for hydroxylation is 1. The standard InChI is InChI=1S/C18H23N3S/c1-14-6-3-4-8-16(14)18(9-10-18)13-21-17(19-2)20-12-15-7-5-11-22-15/h3-8,11H,9-10,12-13H2,1-2H3,(H2,19,20,21). The van der Waals surface area contributed by atoms with Crippen LogP contribution in [0.2, 0.25) is 0 Å². The molecule has 2 N–H and O–H groups in total. The van der Waals surface area contributed by atoms with Crippen LogP contribution in [-0.2, 0) is 12.0 Å². The van der Waals surface area contributed by atoms with Gasteiger partial charge in [-0.25, -0.2) is 0 Å². The van der Waals surface area contributed by atoms with Gasteiger partial charge in [0, 0.05) is 23.9 Å². The van der Waals surface area contributed by atoms with Crippen molar-refractivity contribution in [3.63, 3.8) is 0 Å². The zero-order valence-electron chi connectivity index (χ0n) is 13.2. The Balaban J connectivity index is 1.58. The Bertz CT molecular complexity index is 642. The first kappa shape index (κ1) is 15.1. The van der Waals surface area contributed by atoms with Crippen molar-refractivity contribution in [3.8, 4) is 0 Å². The van der Waals surface area contributed by atoms with Crippen molar-refractivity contribution >= 4 is 17.3 Å². The maximum atomic E-state index is 4.33. The smallest absolute Gasteiger partial charge is 0.191 e. The van der Waals surface area contributed by atoms with Crippen LogP contribution in [0.25, 0.3) is 0 Å². The maximum absolute atomic E-state index is 4.33. The summed E-state index contributed by atoms with van der Waals surface area (Å²) >= 11 is 1.76. The van der Waals surface area contributed by atoms with Crippen LogP contribution in [-0.4, -0.2) is 19.6 Å². The van der Waals surface area contributed by atoms with E-state index < -0.39 is 0 Å². The van der Waals surface area contributed by atoms with Gasteiger partial charge in [0.15, 0.2) is 5.96 Å². The topological polar surface area (TPSA) is 36.4 Å². The van der Waals surface area contributed by atoms with Gasteiger partial charge in [0.25, 0.3) is 0 Å². The summed E-state index contributed by atoms with van der Waals surface area (Å²) in [6.07, 6.45) is 2.51. The number of nitrogens with one attached hydrogen (secondary N) is 2. The molecule has 1 saturated carbocycles. The molecule has 0 radical (unpaired) electrons. The minimum absolute atomic E-state index is 0.298. The zero-order valence-corrected chi connectivity index (χ0v) is 14.0. The number of aliphatic imine (C=N–C) groups is 1. The molecule has 116 valence electrons. The second kappa shape index (κ2) is 6.53. The third-order valence-electron chi connectivity index (χ3n) is 4.40. The fraction of sp³-hybridized carbons (Fsp3) is 0.389. The minimum Gasteiger partial charge on any atom is -0.356 e. The molecule has 0 unspecified atom stereocenters.